The Morgan fingerprint density at radius 3 is 1.73 bits per heavy atom. The number of nitrogens with one attached hydrogen (secondary N) is 1. The van der Waals surface area contributed by atoms with Crippen LogP contribution in [0.3, 0.4) is 0 Å². The van der Waals surface area contributed by atoms with Crippen molar-refractivity contribution in [2.75, 3.05) is 32.4 Å². The Hall–Kier alpha value is -0.130. The molecule has 22 heavy (non-hydrogen) atoms. The van der Waals surface area contributed by atoms with Crippen LogP contribution in [-0.2, 0) is 10.0 Å². The largest absolute Gasteiger partial charge is 0.301 e. The van der Waals surface area contributed by atoms with Crippen molar-refractivity contribution in [1.29, 1.82) is 0 Å². The lowest BCUT2D eigenvalue weighted by atomic mass is 9.87. The summed E-state index contributed by atoms with van der Waals surface area (Å²) in [6.45, 7) is 3.75. The van der Waals surface area contributed by atoms with Gasteiger partial charge >= 0.3 is 0 Å². The lowest BCUT2D eigenvalue weighted by molar-refractivity contribution is 0.162. The number of nitrogens with zero attached hydrogens (tertiary/aromatic N) is 1. The van der Waals surface area contributed by atoms with Gasteiger partial charge in [-0.3, -0.25) is 0 Å². The Morgan fingerprint density at radius 2 is 1.32 bits per heavy atom. The minimum atomic E-state index is -3.06. The third kappa shape index (κ3) is 7.42. The summed E-state index contributed by atoms with van der Waals surface area (Å²) in [4.78, 5) is 2.55. The van der Waals surface area contributed by atoms with Crippen LogP contribution >= 0.6 is 0 Å². The minimum absolute atomic E-state index is 0.554. The van der Waals surface area contributed by atoms with Crippen LogP contribution in [0.2, 0.25) is 0 Å². The summed E-state index contributed by atoms with van der Waals surface area (Å²) < 4.78 is 25.2. The van der Waals surface area contributed by atoms with Crippen molar-refractivity contribution < 1.29 is 8.42 Å². The van der Waals surface area contributed by atoms with E-state index in [2.05, 4.69) is 9.62 Å². The van der Waals surface area contributed by atoms with Crippen molar-refractivity contribution in [3.63, 3.8) is 0 Å². The average molecular weight is 331 g/mol. The van der Waals surface area contributed by atoms with Crippen molar-refractivity contribution in [3.8, 4) is 0 Å². The molecule has 1 N–H and O–H groups in total. The number of rotatable bonds is 8. The normalized spacial score (nSPS) is 22.3. The smallest absolute Gasteiger partial charge is 0.208 e. The quantitative estimate of drug-likeness (QED) is 0.744. The number of hydrogen-bond acceptors (Lipinski definition) is 3. The van der Waals surface area contributed by atoms with Gasteiger partial charge in [0.15, 0.2) is 0 Å². The van der Waals surface area contributed by atoms with E-state index in [-0.39, 0.29) is 0 Å². The second-order valence-corrected chi connectivity index (χ2v) is 9.27. The molecule has 5 heteroatoms. The van der Waals surface area contributed by atoms with Gasteiger partial charge in [0.05, 0.1) is 6.26 Å². The number of sulfonamides is 1. The van der Waals surface area contributed by atoms with Gasteiger partial charge in [-0.25, -0.2) is 13.1 Å². The van der Waals surface area contributed by atoms with Gasteiger partial charge in [0.25, 0.3) is 0 Å². The molecule has 0 amide bonds. The molecule has 0 aromatic rings. The first-order valence-electron chi connectivity index (χ1n) is 9.20. The highest BCUT2D eigenvalue weighted by molar-refractivity contribution is 7.88. The highest BCUT2D eigenvalue weighted by Crippen LogP contribution is 2.27. The molecule has 2 saturated carbocycles. The predicted octanol–water partition coefficient (Wildman–Crippen LogP) is 3.00. The van der Waals surface area contributed by atoms with E-state index in [1.807, 2.05) is 0 Å². The summed E-state index contributed by atoms with van der Waals surface area (Å²) in [5, 5.41) is 0. The second kappa shape index (κ2) is 9.24. The van der Waals surface area contributed by atoms with Crippen LogP contribution in [-0.4, -0.2) is 45.8 Å². The highest BCUT2D eigenvalue weighted by atomic mass is 32.2. The summed E-state index contributed by atoms with van der Waals surface area (Å²) in [5.41, 5.74) is 0. The zero-order chi connectivity index (χ0) is 15.8. The third-order valence-electron chi connectivity index (χ3n) is 5.27. The predicted molar refractivity (Wildman–Crippen MR) is 92.4 cm³/mol. The van der Waals surface area contributed by atoms with Gasteiger partial charge in [-0.2, -0.15) is 0 Å². The Labute approximate surface area is 137 Å². The first-order chi connectivity index (χ1) is 10.5. The molecule has 0 atom stereocenters. The van der Waals surface area contributed by atoms with Gasteiger partial charge in [0.1, 0.15) is 0 Å². The molecule has 130 valence electrons. The lowest BCUT2D eigenvalue weighted by Crippen LogP contribution is -2.40. The molecule has 2 aliphatic rings. The molecular formula is C17H34N2O2S. The van der Waals surface area contributed by atoms with Crippen LogP contribution in [0.25, 0.3) is 0 Å². The molecule has 0 radical (unpaired) electrons. The maximum Gasteiger partial charge on any atom is 0.208 e. The molecule has 0 aliphatic heterocycles. The van der Waals surface area contributed by atoms with E-state index in [1.165, 1.54) is 83.6 Å². The molecule has 0 saturated heterocycles. The fourth-order valence-electron chi connectivity index (χ4n) is 4.12. The van der Waals surface area contributed by atoms with E-state index in [0.29, 0.717) is 6.54 Å². The molecule has 0 aromatic carbocycles. The fraction of sp³-hybridized carbons (Fsp3) is 1.00. The summed E-state index contributed by atoms with van der Waals surface area (Å²) in [7, 11) is -3.06. The zero-order valence-electron chi connectivity index (χ0n) is 14.2. The SMILES string of the molecule is CS(=O)(=O)NCCN(CC1CCCCC1)CC1CCCCC1. The molecule has 2 aliphatic carbocycles. The van der Waals surface area contributed by atoms with Crippen LogP contribution in [0.5, 0.6) is 0 Å². The maximum absolute atomic E-state index is 11.3. The summed E-state index contributed by atoms with van der Waals surface area (Å²) >= 11 is 0. The van der Waals surface area contributed by atoms with E-state index >= 15 is 0 Å². The van der Waals surface area contributed by atoms with Crippen LogP contribution < -0.4 is 4.72 Å². The number of hydrogen-bond donors (Lipinski definition) is 1. The van der Waals surface area contributed by atoms with Gasteiger partial charge in [-0.15, -0.1) is 0 Å². The van der Waals surface area contributed by atoms with Gasteiger partial charge in [0.2, 0.25) is 10.0 Å². The molecule has 0 bridgehead atoms. The monoisotopic (exact) mass is 330 g/mol. The van der Waals surface area contributed by atoms with Crippen LogP contribution in [0.4, 0.5) is 0 Å². The molecule has 0 spiro atoms. The molecule has 2 rings (SSSR count). The van der Waals surface area contributed by atoms with E-state index in [4.69, 9.17) is 0 Å². The van der Waals surface area contributed by atoms with Gasteiger partial charge < -0.3 is 4.90 Å². The van der Waals surface area contributed by atoms with Crippen LogP contribution in [0.15, 0.2) is 0 Å². The van der Waals surface area contributed by atoms with Crippen molar-refractivity contribution in [3.05, 3.63) is 0 Å². The Bertz CT molecular complexity index is 379. The lowest BCUT2D eigenvalue weighted by Gasteiger charge is -2.33. The fourth-order valence-corrected chi connectivity index (χ4v) is 4.58. The maximum atomic E-state index is 11.3. The Morgan fingerprint density at radius 1 is 0.864 bits per heavy atom. The zero-order valence-corrected chi connectivity index (χ0v) is 15.0. The van der Waals surface area contributed by atoms with Crippen LogP contribution in [0.1, 0.15) is 64.2 Å². The highest BCUT2D eigenvalue weighted by Gasteiger charge is 2.21. The van der Waals surface area contributed by atoms with Crippen molar-refractivity contribution in [1.82, 2.24) is 9.62 Å². The van der Waals surface area contributed by atoms with Crippen molar-refractivity contribution >= 4 is 10.0 Å². The molecule has 0 unspecified atom stereocenters. The molecule has 0 aromatic heterocycles. The van der Waals surface area contributed by atoms with Gasteiger partial charge in [-0.05, 0) is 37.5 Å². The van der Waals surface area contributed by atoms with Crippen molar-refractivity contribution in [2.45, 2.75) is 64.2 Å². The average Bonchev–Trinajstić information content (AvgIpc) is 2.48. The van der Waals surface area contributed by atoms with E-state index in [1.54, 1.807) is 0 Å². The van der Waals surface area contributed by atoms with Gasteiger partial charge in [0, 0.05) is 26.2 Å². The molecular weight excluding hydrogens is 296 g/mol. The topological polar surface area (TPSA) is 49.4 Å². The third-order valence-corrected chi connectivity index (χ3v) is 6.00. The van der Waals surface area contributed by atoms with Crippen LogP contribution in [0, 0.1) is 11.8 Å². The molecule has 0 heterocycles. The first kappa shape index (κ1) is 18.2. The van der Waals surface area contributed by atoms with E-state index in [0.717, 1.165) is 18.4 Å². The first-order valence-corrected chi connectivity index (χ1v) is 11.1. The van der Waals surface area contributed by atoms with Crippen molar-refractivity contribution in [2.24, 2.45) is 11.8 Å². The van der Waals surface area contributed by atoms with E-state index in [9.17, 15) is 8.42 Å². The summed E-state index contributed by atoms with van der Waals surface area (Å²) in [5.74, 6) is 1.66. The standard InChI is InChI=1S/C17H34N2O2S/c1-22(20,21)18-12-13-19(14-16-8-4-2-5-9-16)15-17-10-6-3-7-11-17/h16-18H,2-15H2,1H3. The minimum Gasteiger partial charge on any atom is -0.301 e. The van der Waals surface area contributed by atoms with E-state index < -0.39 is 10.0 Å². The summed E-state index contributed by atoms with van der Waals surface area (Å²) in [6.07, 6.45) is 15.0. The second-order valence-electron chi connectivity index (χ2n) is 7.43. The van der Waals surface area contributed by atoms with Gasteiger partial charge in [-0.1, -0.05) is 38.5 Å². The Kier molecular flexibility index (Phi) is 7.65. The molecule has 4 nitrogen and oxygen atoms in total. The summed E-state index contributed by atoms with van der Waals surface area (Å²) in [6, 6.07) is 0. The Balaban J connectivity index is 1.81. The molecule has 2 fully saturated rings.